The highest BCUT2D eigenvalue weighted by Gasteiger charge is 2.39. The van der Waals surface area contributed by atoms with Crippen molar-refractivity contribution in [3.05, 3.63) is 35.4 Å². The summed E-state index contributed by atoms with van der Waals surface area (Å²) < 4.78 is 36.7. The lowest BCUT2D eigenvalue weighted by molar-refractivity contribution is -0.109. The Bertz CT molecular complexity index is 513. The Morgan fingerprint density at radius 1 is 1.19 bits per heavy atom. The van der Waals surface area contributed by atoms with Gasteiger partial charge in [-0.3, -0.25) is 9.59 Å². The van der Waals surface area contributed by atoms with Gasteiger partial charge < -0.3 is 10.2 Å². The van der Waals surface area contributed by atoms with E-state index in [1.54, 1.807) is 0 Å². The summed E-state index contributed by atoms with van der Waals surface area (Å²) in [4.78, 5) is 21.7. The zero-order valence-corrected chi connectivity index (χ0v) is 11.7. The maximum absolute atomic E-state index is 12.2. The van der Waals surface area contributed by atoms with Gasteiger partial charge in [0.1, 0.15) is 6.10 Å². The molecule has 0 heterocycles. The number of halogens is 3. The molecule has 0 aliphatic heterocycles. The Morgan fingerprint density at radius 2 is 1.71 bits per heavy atom. The predicted octanol–water partition coefficient (Wildman–Crippen LogP) is 2.11. The van der Waals surface area contributed by atoms with Crippen LogP contribution in [-0.2, 0) is 4.79 Å². The number of thioether (sulfide) groups is 1. The average Bonchev–Trinajstić information content (AvgIpc) is 2.42. The first-order chi connectivity index (χ1) is 9.62. The lowest BCUT2D eigenvalue weighted by Gasteiger charge is -2.17. The number of hydrogen-bond donors (Lipinski definition) is 2. The molecule has 116 valence electrons. The Labute approximate surface area is 123 Å². The van der Waals surface area contributed by atoms with E-state index in [1.165, 1.54) is 6.92 Å². The van der Waals surface area contributed by atoms with Gasteiger partial charge in [0.15, 0.2) is 5.12 Å². The fourth-order valence-corrected chi connectivity index (χ4v) is 2.10. The minimum atomic E-state index is -4.96. The maximum Gasteiger partial charge on any atom is 0.454 e. The summed E-state index contributed by atoms with van der Waals surface area (Å²) in [6, 6.07) is 4.12. The van der Waals surface area contributed by atoms with E-state index in [2.05, 4.69) is 0 Å². The minimum Gasteiger partial charge on any atom is -0.389 e. The van der Waals surface area contributed by atoms with Crippen LogP contribution < -0.4 is 0 Å². The van der Waals surface area contributed by atoms with E-state index in [-0.39, 0.29) is 16.4 Å². The van der Waals surface area contributed by atoms with Crippen LogP contribution in [-0.4, -0.2) is 39.1 Å². The molecule has 0 saturated carbocycles. The SMILES string of the molecule is CC(=O)SCC(O)C(O)c1ccc(C(=O)C(F)(F)F)cc1. The van der Waals surface area contributed by atoms with Crippen LogP contribution in [0.2, 0.25) is 0 Å². The highest BCUT2D eigenvalue weighted by Crippen LogP contribution is 2.24. The van der Waals surface area contributed by atoms with Crippen molar-refractivity contribution in [2.75, 3.05) is 5.75 Å². The van der Waals surface area contributed by atoms with Gasteiger partial charge in [0.05, 0.1) is 6.10 Å². The number of carbonyl (C=O) groups is 2. The number of hydrogen-bond acceptors (Lipinski definition) is 5. The topological polar surface area (TPSA) is 74.6 Å². The van der Waals surface area contributed by atoms with Crippen molar-refractivity contribution in [1.82, 2.24) is 0 Å². The second-order valence-electron chi connectivity index (χ2n) is 4.26. The van der Waals surface area contributed by atoms with Crippen molar-refractivity contribution in [2.45, 2.75) is 25.3 Å². The fraction of sp³-hybridized carbons (Fsp3) is 0.385. The standard InChI is InChI=1S/C13H13F3O4S/c1-7(17)21-6-10(18)11(19)8-2-4-9(5-3-8)12(20)13(14,15)16/h2-5,10-11,18-19H,6H2,1H3. The third-order valence-corrected chi connectivity index (χ3v) is 3.51. The second-order valence-corrected chi connectivity index (χ2v) is 5.46. The Morgan fingerprint density at radius 3 is 2.14 bits per heavy atom. The van der Waals surface area contributed by atoms with Crippen LogP contribution in [0.5, 0.6) is 0 Å². The molecule has 2 N–H and O–H groups in total. The van der Waals surface area contributed by atoms with E-state index in [9.17, 15) is 33.0 Å². The van der Waals surface area contributed by atoms with Crippen molar-refractivity contribution in [2.24, 2.45) is 0 Å². The van der Waals surface area contributed by atoms with Crippen LogP contribution in [0.15, 0.2) is 24.3 Å². The Kier molecular flexibility index (Phi) is 5.94. The molecule has 0 radical (unpaired) electrons. The van der Waals surface area contributed by atoms with Gasteiger partial charge >= 0.3 is 6.18 Å². The lowest BCUT2D eigenvalue weighted by atomic mass is 10.0. The zero-order valence-electron chi connectivity index (χ0n) is 10.9. The van der Waals surface area contributed by atoms with Crippen LogP contribution in [0.3, 0.4) is 0 Å². The van der Waals surface area contributed by atoms with Crippen LogP contribution >= 0.6 is 11.8 Å². The summed E-state index contributed by atoms with van der Waals surface area (Å²) in [5.74, 6) is -2.02. The van der Waals surface area contributed by atoms with E-state index in [4.69, 9.17) is 0 Å². The largest absolute Gasteiger partial charge is 0.454 e. The van der Waals surface area contributed by atoms with Gasteiger partial charge in [-0.15, -0.1) is 0 Å². The molecule has 0 aromatic heterocycles. The maximum atomic E-state index is 12.2. The van der Waals surface area contributed by atoms with Crippen LogP contribution in [0.1, 0.15) is 28.9 Å². The zero-order chi connectivity index (χ0) is 16.2. The Hall–Kier alpha value is -1.38. The van der Waals surface area contributed by atoms with E-state index in [1.807, 2.05) is 0 Å². The lowest BCUT2D eigenvalue weighted by Crippen LogP contribution is -2.23. The molecule has 0 aliphatic rings. The third kappa shape index (κ3) is 5.14. The first-order valence-corrected chi connectivity index (χ1v) is 6.82. The quantitative estimate of drug-likeness (QED) is 0.812. The van der Waals surface area contributed by atoms with Gasteiger partial charge in [-0.25, -0.2) is 0 Å². The Balaban J connectivity index is 2.78. The molecule has 0 spiro atoms. The molecule has 1 aromatic carbocycles. The van der Waals surface area contributed by atoms with E-state index >= 15 is 0 Å². The van der Waals surface area contributed by atoms with Gasteiger partial charge in [-0.2, -0.15) is 13.2 Å². The molecule has 0 saturated heterocycles. The second kappa shape index (κ2) is 7.06. The number of Topliss-reactive ketones (excluding diaryl/α,β-unsaturated/α-hetero) is 1. The number of aliphatic hydroxyl groups excluding tert-OH is 2. The summed E-state index contributed by atoms with van der Waals surface area (Å²) >= 11 is 0.822. The van der Waals surface area contributed by atoms with Crippen molar-refractivity contribution in [3.8, 4) is 0 Å². The summed E-state index contributed by atoms with van der Waals surface area (Å²) in [6.45, 7) is 1.31. The van der Waals surface area contributed by atoms with E-state index in [0.717, 1.165) is 36.0 Å². The highest BCUT2D eigenvalue weighted by molar-refractivity contribution is 8.13. The average molecular weight is 322 g/mol. The van der Waals surface area contributed by atoms with Gasteiger partial charge in [-0.1, -0.05) is 36.0 Å². The van der Waals surface area contributed by atoms with Gasteiger partial charge in [0.2, 0.25) is 0 Å². The van der Waals surface area contributed by atoms with Gasteiger partial charge in [-0.05, 0) is 5.56 Å². The van der Waals surface area contributed by atoms with Crippen LogP contribution in [0, 0.1) is 0 Å². The summed E-state index contributed by atoms with van der Waals surface area (Å²) in [7, 11) is 0. The molecule has 0 fully saturated rings. The number of alkyl halides is 3. The molecule has 4 nitrogen and oxygen atoms in total. The van der Waals surface area contributed by atoms with Gasteiger partial charge in [0, 0.05) is 18.2 Å². The minimum absolute atomic E-state index is 0.0419. The van der Waals surface area contributed by atoms with Crippen molar-refractivity contribution in [3.63, 3.8) is 0 Å². The van der Waals surface area contributed by atoms with Crippen molar-refractivity contribution < 1.29 is 33.0 Å². The molecule has 2 unspecified atom stereocenters. The van der Waals surface area contributed by atoms with Crippen LogP contribution in [0.4, 0.5) is 13.2 Å². The highest BCUT2D eigenvalue weighted by atomic mass is 32.2. The molecule has 2 atom stereocenters. The summed E-state index contributed by atoms with van der Waals surface area (Å²) in [5, 5.41) is 19.2. The van der Waals surface area contributed by atoms with Gasteiger partial charge in [0.25, 0.3) is 5.78 Å². The first-order valence-electron chi connectivity index (χ1n) is 5.84. The number of benzene rings is 1. The predicted molar refractivity (Wildman–Crippen MR) is 70.9 cm³/mol. The molecular formula is C13H13F3O4S. The molecule has 0 aliphatic carbocycles. The molecular weight excluding hydrogens is 309 g/mol. The molecule has 1 rings (SSSR count). The van der Waals surface area contributed by atoms with Crippen molar-refractivity contribution in [1.29, 1.82) is 0 Å². The first kappa shape index (κ1) is 17.7. The molecule has 0 bridgehead atoms. The van der Waals surface area contributed by atoms with Crippen LogP contribution in [0.25, 0.3) is 0 Å². The summed E-state index contributed by atoms with van der Waals surface area (Å²) in [5.41, 5.74) is -0.392. The summed E-state index contributed by atoms with van der Waals surface area (Å²) in [6.07, 6.45) is -7.56. The number of carbonyl (C=O) groups excluding carboxylic acids is 2. The third-order valence-electron chi connectivity index (χ3n) is 2.59. The molecule has 8 heteroatoms. The smallest absolute Gasteiger partial charge is 0.389 e. The van der Waals surface area contributed by atoms with Crippen molar-refractivity contribution >= 4 is 22.7 Å². The monoisotopic (exact) mass is 322 g/mol. The van der Waals surface area contributed by atoms with E-state index < -0.39 is 29.7 Å². The number of aliphatic hydroxyl groups is 2. The molecule has 1 aromatic rings. The van der Waals surface area contributed by atoms with E-state index in [0.29, 0.717) is 0 Å². The number of ketones is 1. The normalized spacial score (nSPS) is 14.6. The fourth-order valence-electron chi connectivity index (χ4n) is 1.51. The molecule has 21 heavy (non-hydrogen) atoms. The number of rotatable bonds is 5. The molecule has 0 amide bonds.